The largest absolute Gasteiger partial charge is 0.398 e. The van der Waals surface area contributed by atoms with Crippen molar-refractivity contribution in [1.29, 1.82) is 0 Å². The summed E-state index contributed by atoms with van der Waals surface area (Å²) >= 11 is 7.31. The average molecular weight is 218 g/mol. The van der Waals surface area contributed by atoms with Crippen LogP contribution in [0, 0.1) is 0 Å². The van der Waals surface area contributed by atoms with Crippen LogP contribution >= 0.6 is 23.4 Å². The second kappa shape index (κ2) is 4.74. The highest BCUT2D eigenvalue weighted by Gasteiger charge is 2.02. The lowest BCUT2D eigenvalue weighted by molar-refractivity contribution is 0.220. The number of rotatable bonds is 3. The van der Waals surface area contributed by atoms with Crippen LogP contribution in [0.25, 0.3) is 0 Å². The third kappa shape index (κ3) is 3.46. The highest BCUT2D eigenvalue weighted by atomic mass is 35.5. The summed E-state index contributed by atoms with van der Waals surface area (Å²) in [6, 6.07) is 5.33. The van der Waals surface area contributed by atoms with Crippen molar-refractivity contribution in [3.05, 3.63) is 23.2 Å². The van der Waals surface area contributed by atoms with Gasteiger partial charge in [-0.1, -0.05) is 11.6 Å². The summed E-state index contributed by atoms with van der Waals surface area (Å²) in [5.74, 6) is 0.630. The summed E-state index contributed by atoms with van der Waals surface area (Å²) in [5.41, 5.74) is 6.42. The van der Waals surface area contributed by atoms with Gasteiger partial charge < -0.3 is 10.8 Å². The molecular weight excluding hydrogens is 206 g/mol. The van der Waals surface area contributed by atoms with Crippen molar-refractivity contribution in [2.24, 2.45) is 0 Å². The smallest absolute Gasteiger partial charge is 0.0606 e. The molecule has 0 aliphatic carbocycles. The molecule has 0 fully saturated rings. The molecule has 1 aromatic rings. The number of thioether (sulfide) groups is 1. The lowest BCUT2D eigenvalue weighted by Crippen LogP contribution is -2.02. The molecule has 0 aliphatic heterocycles. The van der Waals surface area contributed by atoms with Gasteiger partial charge in [-0.25, -0.2) is 0 Å². The molecule has 4 heteroatoms. The summed E-state index contributed by atoms with van der Waals surface area (Å²) < 4.78 is 0. The van der Waals surface area contributed by atoms with Gasteiger partial charge in [-0.3, -0.25) is 0 Å². The number of halogens is 1. The molecule has 0 radical (unpaired) electrons. The van der Waals surface area contributed by atoms with Gasteiger partial charge in [0.15, 0.2) is 0 Å². The molecule has 0 aromatic heterocycles. The summed E-state index contributed by atoms with van der Waals surface area (Å²) in [6.45, 7) is 1.74. The van der Waals surface area contributed by atoms with E-state index >= 15 is 0 Å². The summed E-state index contributed by atoms with van der Waals surface area (Å²) in [5, 5.41) is 9.75. The third-order valence-electron chi connectivity index (χ3n) is 1.46. The van der Waals surface area contributed by atoms with Gasteiger partial charge >= 0.3 is 0 Å². The lowest BCUT2D eigenvalue weighted by atomic mass is 10.3. The van der Waals surface area contributed by atoms with Gasteiger partial charge in [0.05, 0.1) is 6.10 Å². The normalized spacial score (nSPS) is 12.8. The number of aliphatic hydroxyl groups is 1. The molecule has 1 aromatic carbocycles. The Bertz CT molecular complexity index is 291. The Morgan fingerprint density at radius 2 is 2.31 bits per heavy atom. The summed E-state index contributed by atoms with van der Waals surface area (Å²) in [4.78, 5) is 0.924. The maximum atomic E-state index is 9.08. The molecule has 0 aliphatic rings. The number of nitrogen functional groups attached to an aromatic ring is 1. The molecule has 13 heavy (non-hydrogen) atoms. The maximum Gasteiger partial charge on any atom is 0.0606 e. The fourth-order valence-electron chi connectivity index (χ4n) is 0.844. The predicted octanol–water partition coefficient (Wildman–Crippen LogP) is 2.40. The van der Waals surface area contributed by atoms with E-state index in [0.717, 1.165) is 4.90 Å². The highest BCUT2D eigenvalue weighted by molar-refractivity contribution is 7.99. The summed E-state index contributed by atoms with van der Waals surface area (Å²) in [6.07, 6.45) is -0.330. The van der Waals surface area contributed by atoms with Crippen LogP contribution in [0.15, 0.2) is 23.1 Å². The van der Waals surface area contributed by atoms with Crippen LogP contribution in [-0.2, 0) is 0 Å². The maximum absolute atomic E-state index is 9.08. The van der Waals surface area contributed by atoms with Crippen molar-refractivity contribution >= 4 is 29.1 Å². The number of hydrogen-bond acceptors (Lipinski definition) is 3. The minimum absolute atomic E-state index is 0.330. The molecule has 3 N–H and O–H groups in total. The van der Waals surface area contributed by atoms with E-state index < -0.39 is 0 Å². The Kier molecular flexibility index (Phi) is 3.90. The molecule has 0 saturated heterocycles. The van der Waals surface area contributed by atoms with Crippen LogP contribution in [0.2, 0.25) is 5.02 Å². The second-order valence-corrected chi connectivity index (χ2v) is 4.34. The van der Waals surface area contributed by atoms with Crippen molar-refractivity contribution in [3.63, 3.8) is 0 Å². The second-order valence-electron chi connectivity index (χ2n) is 2.84. The fraction of sp³-hybridized carbons (Fsp3) is 0.333. The van der Waals surface area contributed by atoms with Crippen molar-refractivity contribution in [1.82, 2.24) is 0 Å². The van der Waals surface area contributed by atoms with E-state index in [2.05, 4.69) is 0 Å². The van der Waals surface area contributed by atoms with Gasteiger partial charge in [0.25, 0.3) is 0 Å². The van der Waals surface area contributed by atoms with Gasteiger partial charge in [0.2, 0.25) is 0 Å². The molecule has 0 saturated carbocycles. The molecule has 0 bridgehead atoms. The first-order chi connectivity index (χ1) is 6.09. The Labute approximate surface area is 87.1 Å². The number of nitrogens with two attached hydrogens (primary N) is 1. The first-order valence-corrected chi connectivity index (χ1v) is 5.32. The minimum Gasteiger partial charge on any atom is -0.398 e. The molecule has 0 heterocycles. The standard InChI is InChI=1S/C9H12ClNOS/c1-6(12)5-13-9-4-7(10)2-3-8(9)11/h2-4,6,12H,5,11H2,1H3. The first-order valence-electron chi connectivity index (χ1n) is 3.95. The van der Waals surface area contributed by atoms with Gasteiger partial charge in [-0.2, -0.15) is 0 Å². The zero-order valence-electron chi connectivity index (χ0n) is 7.33. The Balaban J connectivity index is 2.70. The Morgan fingerprint density at radius 3 is 2.92 bits per heavy atom. The van der Waals surface area contributed by atoms with Crippen molar-refractivity contribution < 1.29 is 5.11 Å². The van der Waals surface area contributed by atoms with Crippen LogP contribution in [-0.4, -0.2) is 17.0 Å². The average Bonchev–Trinajstić information content (AvgIpc) is 2.06. The highest BCUT2D eigenvalue weighted by Crippen LogP contribution is 2.28. The topological polar surface area (TPSA) is 46.2 Å². The minimum atomic E-state index is -0.330. The SMILES string of the molecule is CC(O)CSc1cc(Cl)ccc1N. The number of hydrogen-bond donors (Lipinski definition) is 2. The van der Waals surface area contributed by atoms with Crippen LogP contribution in [0.4, 0.5) is 5.69 Å². The molecule has 1 unspecified atom stereocenters. The number of anilines is 1. The van der Waals surface area contributed by atoms with Gasteiger partial charge in [-0.05, 0) is 25.1 Å². The quantitative estimate of drug-likeness (QED) is 0.604. The lowest BCUT2D eigenvalue weighted by Gasteiger charge is -2.06. The van der Waals surface area contributed by atoms with E-state index in [1.165, 1.54) is 11.8 Å². The van der Waals surface area contributed by atoms with Crippen molar-refractivity contribution in [2.75, 3.05) is 11.5 Å². The first kappa shape index (κ1) is 10.7. The van der Waals surface area contributed by atoms with E-state index in [1.807, 2.05) is 6.07 Å². The van der Waals surface area contributed by atoms with E-state index in [0.29, 0.717) is 16.5 Å². The monoisotopic (exact) mass is 217 g/mol. The fourth-order valence-corrected chi connectivity index (χ4v) is 1.95. The van der Waals surface area contributed by atoms with Gasteiger partial charge in [0, 0.05) is 21.4 Å². The van der Waals surface area contributed by atoms with Gasteiger partial charge in [-0.15, -0.1) is 11.8 Å². The van der Waals surface area contributed by atoms with E-state index in [4.69, 9.17) is 22.4 Å². The van der Waals surface area contributed by atoms with E-state index in [1.54, 1.807) is 19.1 Å². The van der Waals surface area contributed by atoms with Gasteiger partial charge in [0.1, 0.15) is 0 Å². The number of aliphatic hydroxyl groups excluding tert-OH is 1. The zero-order chi connectivity index (χ0) is 9.84. The van der Waals surface area contributed by atoms with E-state index in [-0.39, 0.29) is 6.10 Å². The molecular formula is C9H12ClNOS. The molecule has 0 amide bonds. The van der Waals surface area contributed by atoms with Crippen molar-refractivity contribution in [3.8, 4) is 0 Å². The molecule has 2 nitrogen and oxygen atoms in total. The van der Waals surface area contributed by atoms with Crippen LogP contribution in [0.5, 0.6) is 0 Å². The van der Waals surface area contributed by atoms with Crippen LogP contribution in [0.3, 0.4) is 0 Å². The van der Waals surface area contributed by atoms with Crippen molar-refractivity contribution in [2.45, 2.75) is 17.9 Å². The van der Waals surface area contributed by atoms with Crippen LogP contribution in [0.1, 0.15) is 6.92 Å². The van der Waals surface area contributed by atoms with Crippen LogP contribution < -0.4 is 5.73 Å². The molecule has 72 valence electrons. The zero-order valence-corrected chi connectivity index (χ0v) is 8.90. The van der Waals surface area contributed by atoms with E-state index in [9.17, 15) is 0 Å². The Morgan fingerprint density at radius 1 is 1.62 bits per heavy atom. The number of benzene rings is 1. The molecule has 0 spiro atoms. The summed E-state index contributed by atoms with van der Waals surface area (Å²) in [7, 11) is 0. The third-order valence-corrected chi connectivity index (χ3v) is 3.00. The predicted molar refractivity (Wildman–Crippen MR) is 58.3 cm³/mol. The molecule has 1 atom stereocenters. The Hall–Kier alpha value is -0.380. The molecule has 1 rings (SSSR count).